The van der Waals surface area contributed by atoms with E-state index in [9.17, 15) is 4.39 Å². The van der Waals surface area contributed by atoms with Crippen LogP contribution >= 0.6 is 0 Å². The van der Waals surface area contributed by atoms with Gasteiger partial charge in [0.1, 0.15) is 5.82 Å². The molecule has 1 rings (SSSR count). The van der Waals surface area contributed by atoms with Crippen molar-refractivity contribution < 1.29 is 4.39 Å². The number of pyridine rings is 1. The fourth-order valence-corrected chi connectivity index (χ4v) is 0.916. The van der Waals surface area contributed by atoms with Crippen molar-refractivity contribution in [2.24, 2.45) is 5.11 Å². The van der Waals surface area contributed by atoms with Crippen molar-refractivity contribution in [1.29, 1.82) is 0 Å². The van der Waals surface area contributed by atoms with Crippen LogP contribution in [0.15, 0.2) is 29.7 Å². The average Bonchev–Trinajstić information content (AvgIpc) is 2.18. The van der Waals surface area contributed by atoms with Crippen molar-refractivity contribution in [2.75, 3.05) is 6.54 Å². The van der Waals surface area contributed by atoms with Gasteiger partial charge < -0.3 is 0 Å². The van der Waals surface area contributed by atoms with E-state index in [0.717, 1.165) is 6.20 Å². The lowest BCUT2D eigenvalue weighted by Gasteiger charge is -1.91. The summed E-state index contributed by atoms with van der Waals surface area (Å²) in [7, 11) is 0. The van der Waals surface area contributed by atoms with Crippen molar-refractivity contribution in [1.82, 2.24) is 4.98 Å². The van der Waals surface area contributed by atoms with Gasteiger partial charge in [0.05, 0.1) is 6.20 Å². The third-order valence-electron chi connectivity index (χ3n) is 1.50. The molecule has 0 aliphatic heterocycles. The summed E-state index contributed by atoms with van der Waals surface area (Å²) in [6.45, 7) is 0.412. The number of nitrogens with zero attached hydrogens (tertiary/aromatic N) is 4. The molecule has 0 radical (unpaired) electrons. The summed E-state index contributed by atoms with van der Waals surface area (Å²) in [4.78, 5) is 6.30. The van der Waals surface area contributed by atoms with Crippen molar-refractivity contribution in [2.45, 2.75) is 6.42 Å². The number of hydrogen-bond acceptors (Lipinski definition) is 2. The molecule has 0 N–H and O–H groups in total. The molecule has 0 fully saturated rings. The third-order valence-corrected chi connectivity index (χ3v) is 1.50. The Morgan fingerprint density at radius 3 is 3.14 bits per heavy atom. The molecule has 0 unspecified atom stereocenters. The summed E-state index contributed by atoms with van der Waals surface area (Å²) in [5, 5.41) is 3.36. The lowest BCUT2D eigenvalue weighted by atomic mass is 10.2. The predicted octanol–water partition coefficient (Wildman–Crippen LogP) is 2.93. The number of halogens is 1. The fourth-order valence-electron chi connectivity index (χ4n) is 0.916. The van der Waals surface area contributed by atoms with Crippen LogP contribution in [0.2, 0.25) is 0 Å². The Hall–Kier alpha value is -1.87. The summed E-state index contributed by atoms with van der Waals surface area (Å²) < 4.78 is 12.6. The molecule has 0 spiro atoms. The number of hydrogen-bond donors (Lipinski definition) is 0. The minimum Gasteiger partial charge on any atom is -0.261 e. The highest BCUT2D eigenvalue weighted by molar-refractivity contribution is 5.47. The van der Waals surface area contributed by atoms with Crippen LogP contribution in [0.4, 0.5) is 4.39 Å². The van der Waals surface area contributed by atoms with Crippen LogP contribution in [0.3, 0.4) is 0 Å². The molecule has 0 bridgehead atoms. The van der Waals surface area contributed by atoms with Gasteiger partial charge in [0, 0.05) is 17.7 Å². The average molecular weight is 192 g/mol. The van der Waals surface area contributed by atoms with E-state index >= 15 is 0 Å². The smallest absolute Gasteiger partial charge is 0.142 e. The Bertz CT molecular complexity index is 369. The molecule has 0 amide bonds. The zero-order valence-corrected chi connectivity index (χ0v) is 7.47. The Kier molecular flexibility index (Phi) is 4.17. The molecule has 0 aliphatic rings. The highest BCUT2D eigenvalue weighted by Crippen LogP contribution is 2.03. The lowest BCUT2D eigenvalue weighted by molar-refractivity contribution is 0.621. The highest BCUT2D eigenvalue weighted by Gasteiger charge is 1.90. The molecule has 14 heavy (non-hydrogen) atoms. The summed E-state index contributed by atoms with van der Waals surface area (Å²) in [5.74, 6) is -0.359. The van der Waals surface area contributed by atoms with Gasteiger partial charge in [0.2, 0.25) is 0 Å². The van der Waals surface area contributed by atoms with Crippen molar-refractivity contribution in [3.8, 4) is 0 Å². The number of aromatic nitrogens is 1. The van der Waals surface area contributed by atoms with Crippen LogP contribution in [-0.4, -0.2) is 11.5 Å². The van der Waals surface area contributed by atoms with Crippen molar-refractivity contribution >= 4 is 6.08 Å². The highest BCUT2D eigenvalue weighted by atomic mass is 19.1. The standard InChI is InChI=1S/C9H9FN4/c10-9-5-8(6-12-7-9)3-1-2-4-13-14-11/h1,3,5-7H,2,4H2. The largest absolute Gasteiger partial charge is 0.261 e. The SMILES string of the molecule is [N-]=[N+]=NCCC=Cc1cncc(F)c1. The maximum atomic E-state index is 12.6. The molecule has 5 heteroatoms. The Balaban J connectivity index is 2.47. The van der Waals surface area contributed by atoms with Gasteiger partial charge in [-0.2, -0.15) is 0 Å². The molecule has 1 aromatic rings. The monoisotopic (exact) mass is 192 g/mol. The first kappa shape index (κ1) is 10.2. The first-order chi connectivity index (χ1) is 6.83. The van der Waals surface area contributed by atoms with Gasteiger partial charge >= 0.3 is 0 Å². The van der Waals surface area contributed by atoms with Crippen LogP contribution < -0.4 is 0 Å². The summed E-state index contributed by atoms with van der Waals surface area (Å²) in [5.41, 5.74) is 8.69. The van der Waals surface area contributed by atoms with Gasteiger partial charge in [-0.25, -0.2) is 4.39 Å². The summed E-state index contributed by atoms with van der Waals surface area (Å²) in [6.07, 6.45) is 6.90. The molecule has 72 valence electrons. The van der Waals surface area contributed by atoms with Crippen LogP contribution in [0, 0.1) is 5.82 Å². The van der Waals surface area contributed by atoms with Gasteiger partial charge in [-0.05, 0) is 23.6 Å². The minimum absolute atomic E-state index is 0.359. The summed E-state index contributed by atoms with van der Waals surface area (Å²) in [6, 6.07) is 1.39. The van der Waals surface area contributed by atoms with E-state index in [1.807, 2.05) is 6.08 Å². The van der Waals surface area contributed by atoms with Crippen LogP contribution in [0.5, 0.6) is 0 Å². The fraction of sp³-hybridized carbons (Fsp3) is 0.222. The van der Waals surface area contributed by atoms with Crippen molar-refractivity contribution in [3.63, 3.8) is 0 Å². The van der Waals surface area contributed by atoms with E-state index in [1.165, 1.54) is 6.07 Å². The zero-order valence-electron chi connectivity index (χ0n) is 7.47. The van der Waals surface area contributed by atoms with Crippen molar-refractivity contribution in [3.05, 3.63) is 46.4 Å². The molecule has 0 aliphatic carbocycles. The minimum atomic E-state index is -0.359. The Labute approximate surface area is 80.7 Å². The lowest BCUT2D eigenvalue weighted by Crippen LogP contribution is -1.80. The maximum absolute atomic E-state index is 12.6. The van der Waals surface area contributed by atoms with Crippen LogP contribution in [-0.2, 0) is 0 Å². The molecular formula is C9H9FN4. The van der Waals surface area contributed by atoms with Gasteiger partial charge in [0.15, 0.2) is 0 Å². The third kappa shape index (κ3) is 3.69. The van der Waals surface area contributed by atoms with E-state index in [4.69, 9.17) is 5.53 Å². The first-order valence-corrected chi connectivity index (χ1v) is 4.11. The molecule has 1 heterocycles. The summed E-state index contributed by atoms with van der Waals surface area (Å²) >= 11 is 0. The predicted molar refractivity (Wildman–Crippen MR) is 51.9 cm³/mol. The molecule has 0 aromatic carbocycles. The number of azide groups is 1. The molecule has 0 saturated carbocycles. The molecule has 0 saturated heterocycles. The Morgan fingerprint density at radius 2 is 2.43 bits per heavy atom. The van der Waals surface area contributed by atoms with Gasteiger partial charge in [0.25, 0.3) is 0 Å². The second-order valence-corrected chi connectivity index (χ2v) is 2.58. The van der Waals surface area contributed by atoms with Crippen LogP contribution in [0.25, 0.3) is 16.5 Å². The zero-order chi connectivity index (χ0) is 10.2. The second-order valence-electron chi connectivity index (χ2n) is 2.58. The molecule has 1 aromatic heterocycles. The van der Waals surface area contributed by atoms with E-state index in [1.54, 1.807) is 12.3 Å². The Morgan fingerprint density at radius 1 is 1.57 bits per heavy atom. The number of rotatable bonds is 4. The van der Waals surface area contributed by atoms with Gasteiger partial charge in [-0.15, -0.1) is 0 Å². The van der Waals surface area contributed by atoms with Gasteiger partial charge in [-0.1, -0.05) is 17.3 Å². The molecule has 4 nitrogen and oxygen atoms in total. The van der Waals surface area contributed by atoms with Crippen LogP contribution in [0.1, 0.15) is 12.0 Å². The molecular weight excluding hydrogens is 183 g/mol. The first-order valence-electron chi connectivity index (χ1n) is 4.11. The van der Waals surface area contributed by atoms with Gasteiger partial charge in [-0.3, -0.25) is 4.98 Å². The quantitative estimate of drug-likeness (QED) is 0.313. The van der Waals surface area contributed by atoms with E-state index in [-0.39, 0.29) is 5.82 Å². The van der Waals surface area contributed by atoms with E-state index in [0.29, 0.717) is 18.5 Å². The topological polar surface area (TPSA) is 61.7 Å². The van der Waals surface area contributed by atoms with E-state index in [2.05, 4.69) is 15.0 Å². The second kappa shape index (κ2) is 5.72. The maximum Gasteiger partial charge on any atom is 0.142 e. The normalized spacial score (nSPS) is 10.1. The van der Waals surface area contributed by atoms with E-state index < -0.39 is 0 Å². The molecule has 0 atom stereocenters.